The maximum absolute atomic E-state index is 12.5. The van der Waals surface area contributed by atoms with Gasteiger partial charge in [0.2, 0.25) is 0 Å². The summed E-state index contributed by atoms with van der Waals surface area (Å²) in [6, 6.07) is 7.68. The number of halogens is 3. The number of nitrogens with one attached hydrogen (secondary N) is 1. The lowest BCUT2D eigenvalue weighted by molar-refractivity contribution is -0.274. The molecule has 4 rings (SSSR count). The van der Waals surface area contributed by atoms with Gasteiger partial charge in [-0.1, -0.05) is 19.1 Å². The summed E-state index contributed by atoms with van der Waals surface area (Å²) in [7, 11) is 0. The van der Waals surface area contributed by atoms with Crippen LogP contribution in [0.15, 0.2) is 35.3 Å². The molecule has 1 heterocycles. The van der Waals surface area contributed by atoms with E-state index in [4.69, 9.17) is 0 Å². The van der Waals surface area contributed by atoms with Crippen molar-refractivity contribution in [2.24, 2.45) is 10.9 Å². The van der Waals surface area contributed by atoms with Crippen molar-refractivity contribution in [1.29, 1.82) is 0 Å². The summed E-state index contributed by atoms with van der Waals surface area (Å²) in [6.45, 7) is 2.24. The molecular formula is C22H23F3N2O3. The highest BCUT2D eigenvalue weighted by Gasteiger charge is 2.34. The first-order chi connectivity index (χ1) is 14.3. The smallest absolute Gasteiger partial charge is 0.406 e. The number of anilines is 1. The molecule has 160 valence electrons. The molecule has 8 heteroatoms. The van der Waals surface area contributed by atoms with E-state index in [1.165, 1.54) is 12.1 Å². The van der Waals surface area contributed by atoms with E-state index in [0.29, 0.717) is 35.0 Å². The lowest BCUT2D eigenvalue weighted by atomic mass is 9.70. The van der Waals surface area contributed by atoms with E-state index in [1.807, 2.05) is 6.07 Å². The summed E-state index contributed by atoms with van der Waals surface area (Å²) in [5.74, 6) is 0.533. The van der Waals surface area contributed by atoms with Gasteiger partial charge in [0.25, 0.3) is 0 Å². The number of aliphatic hydroxyl groups excluding tert-OH is 2. The summed E-state index contributed by atoms with van der Waals surface area (Å²) < 4.78 is 41.4. The molecule has 1 saturated carbocycles. The van der Waals surface area contributed by atoms with Gasteiger partial charge in [-0.15, -0.1) is 13.2 Å². The third-order valence-electron chi connectivity index (χ3n) is 5.68. The van der Waals surface area contributed by atoms with Crippen molar-refractivity contribution in [2.75, 3.05) is 18.5 Å². The zero-order valence-electron chi connectivity index (χ0n) is 16.4. The van der Waals surface area contributed by atoms with Crippen molar-refractivity contribution in [3.63, 3.8) is 0 Å². The van der Waals surface area contributed by atoms with E-state index < -0.39 is 19.1 Å². The van der Waals surface area contributed by atoms with Gasteiger partial charge in [0.15, 0.2) is 0 Å². The number of hydrogen-bond acceptors (Lipinski definition) is 5. The number of aliphatic hydroxyl groups is 2. The second-order valence-corrected chi connectivity index (χ2v) is 7.89. The summed E-state index contributed by atoms with van der Waals surface area (Å²) in [5.41, 5.74) is 4.33. The van der Waals surface area contributed by atoms with Crippen LogP contribution < -0.4 is 10.1 Å². The van der Waals surface area contributed by atoms with Gasteiger partial charge in [-0.3, -0.25) is 4.99 Å². The number of ether oxygens (including phenoxy) is 1. The van der Waals surface area contributed by atoms with Crippen molar-refractivity contribution in [3.8, 4) is 16.9 Å². The minimum atomic E-state index is -4.74. The second kappa shape index (κ2) is 7.92. The maximum Gasteiger partial charge on any atom is 0.573 e. The number of rotatable bonds is 5. The second-order valence-electron chi connectivity index (χ2n) is 7.89. The molecule has 1 unspecified atom stereocenters. The van der Waals surface area contributed by atoms with E-state index in [-0.39, 0.29) is 11.7 Å². The molecule has 0 saturated heterocycles. The fourth-order valence-electron chi connectivity index (χ4n) is 4.30. The Balaban J connectivity index is 1.82. The van der Waals surface area contributed by atoms with Crippen molar-refractivity contribution < 1.29 is 28.1 Å². The zero-order valence-corrected chi connectivity index (χ0v) is 16.4. The quantitative estimate of drug-likeness (QED) is 0.642. The number of alkyl halides is 3. The number of fused-ring (bicyclic) bond motifs is 1. The molecule has 0 aromatic heterocycles. The van der Waals surface area contributed by atoms with Crippen molar-refractivity contribution >= 4 is 17.6 Å². The van der Waals surface area contributed by atoms with Crippen LogP contribution in [0, 0.1) is 5.92 Å². The molecule has 0 bridgehead atoms. The minimum absolute atomic E-state index is 0.241. The largest absolute Gasteiger partial charge is 0.573 e. The number of benzene rings is 2. The summed E-state index contributed by atoms with van der Waals surface area (Å²) in [6.07, 6.45) is -2.16. The topological polar surface area (TPSA) is 74.1 Å². The highest BCUT2D eigenvalue weighted by atomic mass is 19.4. The van der Waals surface area contributed by atoms with Gasteiger partial charge in [-0.05, 0) is 54.0 Å². The lowest BCUT2D eigenvalue weighted by Gasteiger charge is -2.36. The third kappa shape index (κ3) is 4.02. The maximum atomic E-state index is 12.5. The Labute approximate surface area is 172 Å². The molecule has 3 N–H and O–H groups in total. The molecule has 5 nitrogen and oxygen atoms in total. The normalized spacial score (nSPS) is 21.4. The molecule has 2 aromatic rings. The van der Waals surface area contributed by atoms with E-state index in [1.54, 1.807) is 18.3 Å². The van der Waals surface area contributed by atoms with Crippen LogP contribution >= 0.6 is 0 Å². The molecule has 1 atom stereocenters. The standard InChI is InChI=1S/C22H23F3N2O3/c1-12-8-14(9-12)16-10-17(13-2-4-15(5-3-13)30-22(23,24)25)20-21(27-7-6-26-20)19(16)18(29)11-28/h2-5,7,10,12,14,18,26,28-29H,6,8-9,11H2,1H3. The molecule has 0 amide bonds. The number of hydrogen-bond donors (Lipinski definition) is 3. The Kier molecular flexibility index (Phi) is 5.46. The predicted octanol–water partition coefficient (Wildman–Crippen LogP) is 4.92. The summed E-state index contributed by atoms with van der Waals surface area (Å²) >= 11 is 0. The van der Waals surface area contributed by atoms with Gasteiger partial charge in [0.1, 0.15) is 11.9 Å². The molecule has 30 heavy (non-hydrogen) atoms. The van der Waals surface area contributed by atoms with Crippen molar-refractivity contribution in [3.05, 3.63) is 41.5 Å². The van der Waals surface area contributed by atoms with Gasteiger partial charge in [0.05, 0.1) is 24.5 Å². The molecule has 2 aliphatic rings. The van der Waals surface area contributed by atoms with Gasteiger partial charge in [0, 0.05) is 17.3 Å². The average molecular weight is 420 g/mol. The van der Waals surface area contributed by atoms with Crippen LogP contribution in [0.2, 0.25) is 0 Å². The van der Waals surface area contributed by atoms with E-state index >= 15 is 0 Å². The molecular weight excluding hydrogens is 397 g/mol. The Morgan fingerprint density at radius 2 is 1.93 bits per heavy atom. The van der Waals surface area contributed by atoms with Gasteiger partial charge in [-0.2, -0.15) is 0 Å². The highest BCUT2D eigenvalue weighted by Crippen LogP contribution is 2.51. The highest BCUT2D eigenvalue weighted by molar-refractivity contribution is 5.94. The monoisotopic (exact) mass is 420 g/mol. The third-order valence-corrected chi connectivity index (χ3v) is 5.68. The first kappa shape index (κ1) is 20.7. The summed E-state index contributed by atoms with van der Waals surface area (Å²) in [4.78, 5) is 4.50. The Morgan fingerprint density at radius 1 is 1.23 bits per heavy atom. The lowest BCUT2D eigenvalue weighted by Crippen LogP contribution is -2.23. The van der Waals surface area contributed by atoms with Crippen LogP contribution in [0.1, 0.15) is 42.9 Å². The predicted molar refractivity (Wildman–Crippen MR) is 108 cm³/mol. The molecule has 0 spiro atoms. The zero-order chi connectivity index (χ0) is 21.5. The molecule has 2 aromatic carbocycles. The molecule has 1 aliphatic carbocycles. The molecule has 0 radical (unpaired) electrons. The van der Waals surface area contributed by atoms with Gasteiger partial charge >= 0.3 is 6.36 Å². The van der Waals surface area contributed by atoms with E-state index in [0.717, 1.165) is 24.0 Å². The Morgan fingerprint density at radius 3 is 2.53 bits per heavy atom. The summed E-state index contributed by atoms with van der Waals surface area (Å²) in [5, 5.41) is 23.4. The van der Waals surface area contributed by atoms with Crippen LogP contribution in [0.3, 0.4) is 0 Å². The van der Waals surface area contributed by atoms with Crippen LogP contribution in [-0.2, 0) is 0 Å². The van der Waals surface area contributed by atoms with E-state index in [2.05, 4.69) is 22.0 Å². The fraction of sp³-hybridized carbons (Fsp3) is 0.409. The minimum Gasteiger partial charge on any atom is -0.406 e. The van der Waals surface area contributed by atoms with Gasteiger partial charge in [-0.25, -0.2) is 0 Å². The SMILES string of the molecule is CC1CC(c2cc(-c3ccc(OC(F)(F)F)cc3)c3c(c2C(O)CO)N=CCN3)C1. The molecule has 1 aliphatic heterocycles. The van der Waals surface area contributed by atoms with Crippen LogP contribution in [-0.4, -0.2) is 35.9 Å². The van der Waals surface area contributed by atoms with E-state index in [9.17, 15) is 23.4 Å². The van der Waals surface area contributed by atoms with Crippen molar-refractivity contribution in [1.82, 2.24) is 0 Å². The number of aliphatic imine (C=N–C) groups is 1. The van der Waals surface area contributed by atoms with Crippen LogP contribution in [0.25, 0.3) is 11.1 Å². The number of nitrogens with zero attached hydrogens (tertiary/aromatic N) is 1. The van der Waals surface area contributed by atoms with Crippen molar-refractivity contribution in [2.45, 2.75) is 38.1 Å². The first-order valence-corrected chi connectivity index (χ1v) is 9.89. The Bertz CT molecular complexity index is 952. The average Bonchev–Trinajstić information content (AvgIpc) is 2.69. The van der Waals surface area contributed by atoms with Crippen LogP contribution in [0.4, 0.5) is 24.5 Å². The molecule has 1 fully saturated rings. The Hall–Kier alpha value is -2.58. The van der Waals surface area contributed by atoms with Gasteiger partial charge < -0.3 is 20.3 Å². The fourth-order valence-corrected chi connectivity index (χ4v) is 4.30. The first-order valence-electron chi connectivity index (χ1n) is 9.89. The van der Waals surface area contributed by atoms with Crippen LogP contribution in [0.5, 0.6) is 5.75 Å².